The number of aromatic nitrogens is 1. The number of ketones is 2. The minimum absolute atomic E-state index is 0.247. The van der Waals surface area contributed by atoms with Crippen molar-refractivity contribution in [1.29, 1.82) is 0 Å². The Morgan fingerprint density at radius 3 is 2.44 bits per heavy atom. The number of nitrogens with one attached hydrogen (secondary N) is 1. The van der Waals surface area contributed by atoms with Crippen molar-refractivity contribution in [2.24, 2.45) is 0 Å². The van der Waals surface area contributed by atoms with Crippen LogP contribution in [-0.4, -0.2) is 34.2 Å². The van der Waals surface area contributed by atoms with Gasteiger partial charge in [-0.15, -0.1) is 0 Å². The molecule has 0 saturated carbocycles. The molecule has 0 unspecified atom stereocenters. The molecule has 0 amide bonds. The third kappa shape index (κ3) is 5.07. The van der Waals surface area contributed by atoms with Gasteiger partial charge in [0.25, 0.3) is 0 Å². The smallest absolute Gasteiger partial charge is 0.341 e. The molecule has 1 aliphatic rings. The Labute approximate surface area is 188 Å². The molecule has 1 aromatic heterocycles. The molecule has 1 aliphatic carbocycles. The van der Waals surface area contributed by atoms with E-state index in [2.05, 4.69) is 4.98 Å². The van der Waals surface area contributed by atoms with Gasteiger partial charge in [-0.05, 0) is 42.0 Å². The van der Waals surface area contributed by atoms with Crippen LogP contribution in [0.3, 0.4) is 0 Å². The summed E-state index contributed by atoms with van der Waals surface area (Å²) in [6, 6.07) is 25.0. The molecular formula is C25H19NO5S. The van der Waals surface area contributed by atoms with E-state index >= 15 is 0 Å². The molecule has 0 saturated heterocycles. The molecule has 160 valence electrons. The number of carboxylic acid groups (broad SMARTS) is 1. The lowest BCUT2D eigenvalue weighted by Crippen LogP contribution is -2.09. The van der Waals surface area contributed by atoms with Crippen LogP contribution in [0.1, 0.15) is 15.9 Å². The van der Waals surface area contributed by atoms with Crippen LogP contribution in [0.2, 0.25) is 0 Å². The summed E-state index contributed by atoms with van der Waals surface area (Å²) in [5.41, 5.74) is 2.36. The van der Waals surface area contributed by atoms with Crippen LogP contribution in [0.5, 0.6) is 5.88 Å². The Hall–Kier alpha value is -3.84. The molecule has 2 N–H and O–H groups in total. The van der Waals surface area contributed by atoms with Gasteiger partial charge in [0.05, 0.1) is 0 Å². The Bertz CT molecular complexity index is 1260. The minimum atomic E-state index is -0.983. The number of fused-ring (bicyclic) bond motifs is 2. The van der Waals surface area contributed by atoms with Crippen LogP contribution < -0.4 is 4.74 Å². The van der Waals surface area contributed by atoms with Crippen molar-refractivity contribution in [3.05, 3.63) is 90.0 Å². The topological polar surface area (TPSA) is 96.5 Å². The maximum atomic E-state index is 11.5. The van der Waals surface area contributed by atoms with E-state index in [0.29, 0.717) is 11.4 Å². The predicted molar refractivity (Wildman–Crippen MR) is 121 cm³/mol. The van der Waals surface area contributed by atoms with Gasteiger partial charge in [0, 0.05) is 38.7 Å². The first-order valence-corrected chi connectivity index (χ1v) is 10.7. The fourth-order valence-electron chi connectivity index (χ4n) is 3.29. The van der Waals surface area contributed by atoms with E-state index < -0.39 is 5.97 Å². The highest BCUT2D eigenvalue weighted by Gasteiger charge is 2.27. The second-order valence-electron chi connectivity index (χ2n) is 7.07. The average molecular weight is 445 g/mol. The molecule has 1 heterocycles. The van der Waals surface area contributed by atoms with E-state index in [4.69, 9.17) is 9.84 Å². The summed E-state index contributed by atoms with van der Waals surface area (Å²) in [6.45, 7) is -0.327. The number of benzene rings is 3. The van der Waals surface area contributed by atoms with Gasteiger partial charge < -0.3 is 14.8 Å². The lowest BCUT2D eigenvalue weighted by atomic mass is 10.1. The van der Waals surface area contributed by atoms with Gasteiger partial charge in [0.15, 0.2) is 12.5 Å². The van der Waals surface area contributed by atoms with Crippen molar-refractivity contribution in [2.45, 2.75) is 16.2 Å². The number of para-hydroxylation sites is 1. The summed E-state index contributed by atoms with van der Waals surface area (Å²) >= 11 is 1.63. The van der Waals surface area contributed by atoms with Gasteiger partial charge in [-0.25, -0.2) is 4.79 Å². The highest BCUT2D eigenvalue weighted by Crippen LogP contribution is 2.31. The number of carbonyl (C=O) groups excluding carboxylic acids is 2. The summed E-state index contributed by atoms with van der Waals surface area (Å²) < 4.78 is 5.00. The number of aromatic amines is 1. The highest BCUT2D eigenvalue weighted by molar-refractivity contribution is 7.99. The van der Waals surface area contributed by atoms with Crippen LogP contribution in [-0.2, 0) is 16.0 Å². The van der Waals surface area contributed by atoms with Crippen molar-refractivity contribution in [1.82, 2.24) is 4.98 Å². The summed E-state index contributed by atoms with van der Waals surface area (Å²) in [5, 5.41) is 9.42. The lowest BCUT2D eigenvalue weighted by Gasteiger charge is -2.03. The van der Waals surface area contributed by atoms with Gasteiger partial charge in [-0.2, -0.15) is 0 Å². The first-order chi connectivity index (χ1) is 15.5. The number of hydrogen-bond donors (Lipinski definition) is 2. The van der Waals surface area contributed by atoms with Crippen molar-refractivity contribution in [2.75, 3.05) is 6.61 Å². The van der Waals surface area contributed by atoms with E-state index in [9.17, 15) is 14.4 Å². The molecule has 6 nitrogen and oxygen atoms in total. The van der Waals surface area contributed by atoms with E-state index in [1.807, 2.05) is 66.7 Å². The normalized spacial score (nSPS) is 12.2. The Morgan fingerprint density at radius 2 is 1.69 bits per heavy atom. The maximum absolute atomic E-state index is 11.5. The molecule has 0 aliphatic heterocycles. The first kappa shape index (κ1) is 21.4. The molecule has 3 aromatic carbocycles. The standard InChI is InChI=1S/C15H10O2S.C10H9NO3/c16-14-9-10-8-12(6-7-13(10)15(14)17)18-11-4-2-1-3-5-11;12-10(13)6-14-9-5-7-3-1-2-4-8(7)11-9/h1-8H,9H2;1-5,11H,6H2,(H,12,13). The molecular weight excluding hydrogens is 426 g/mol. The van der Waals surface area contributed by atoms with Crippen LogP contribution in [0.25, 0.3) is 10.9 Å². The molecule has 7 heteroatoms. The fraction of sp³-hybridized carbons (Fsp3) is 0.0800. The fourth-order valence-corrected chi connectivity index (χ4v) is 4.20. The van der Waals surface area contributed by atoms with E-state index in [1.54, 1.807) is 23.9 Å². The predicted octanol–water partition coefficient (Wildman–Crippen LogP) is 4.78. The summed E-state index contributed by atoms with van der Waals surface area (Å²) in [4.78, 5) is 38.3. The molecule has 4 aromatic rings. The zero-order valence-electron chi connectivity index (χ0n) is 16.9. The second-order valence-corrected chi connectivity index (χ2v) is 8.21. The molecule has 0 atom stereocenters. The number of aliphatic carboxylic acids is 1. The van der Waals surface area contributed by atoms with Crippen LogP contribution in [0, 0.1) is 0 Å². The molecule has 5 rings (SSSR count). The molecule has 0 fully saturated rings. The summed E-state index contributed by atoms with van der Waals surface area (Å²) in [7, 11) is 0. The van der Waals surface area contributed by atoms with Crippen LogP contribution in [0.4, 0.5) is 0 Å². The number of rotatable bonds is 5. The first-order valence-electron chi connectivity index (χ1n) is 9.85. The maximum Gasteiger partial charge on any atom is 0.341 e. The number of carbonyl (C=O) groups is 3. The summed E-state index contributed by atoms with van der Waals surface area (Å²) in [6.07, 6.45) is 0.247. The average Bonchev–Trinajstić information content (AvgIpc) is 3.33. The SMILES string of the molecule is O=C(O)COc1cc2ccccc2[nH]1.O=C1Cc2cc(Sc3ccccc3)ccc2C1=O. The lowest BCUT2D eigenvalue weighted by molar-refractivity contribution is -0.139. The van der Waals surface area contributed by atoms with E-state index in [-0.39, 0.29) is 24.6 Å². The Morgan fingerprint density at radius 1 is 0.938 bits per heavy atom. The van der Waals surface area contributed by atoms with Gasteiger partial charge in [0.1, 0.15) is 0 Å². The molecule has 0 radical (unpaired) electrons. The van der Waals surface area contributed by atoms with Crippen molar-refractivity contribution in [3.63, 3.8) is 0 Å². The zero-order valence-corrected chi connectivity index (χ0v) is 17.7. The van der Waals surface area contributed by atoms with Crippen molar-refractivity contribution >= 4 is 40.2 Å². The van der Waals surface area contributed by atoms with Crippen molar-refractivity contribution < 1.29 is 24.2 Å². The highest BCUT2D eigenvalue weighted by atomic mass is 32.2. The van der Waals surface area contributed by atoms with Crippen LogP contribution >= 0.6 is 11.8 Å². The Balaban J connectivity index is 0.000000158. The quantitative estimate of drug-likeness (QED) is 0.429. The van der Waals surface area contributed by atoms with E-state index in [0.717, 1.165) is 26.3 Å². The zero-order chi connectivity index (χ0) is 22.5. The van der Waals surface area contributed by atoms with Crippen molar-refractivity contribution in [3.8, 4) is 5.88 Å². The largest absolute Gasteiger partial charge is 0.479 e. The molecule has 0 spiro atoms. The number of ether oxygens (including phenoxy) is 1. The number of carboxylic acids is 1. The monoisotopic (exact) mass is 445 g/mol. The third-order valence-corrected chi connectivity index (χ3v) is 5.76. The van der Waals surface area contributed by atoms with Gasteiger partial charge in [0.2, 0.25) is 11.6 Å². The van der Waals surface area contributed by atoms with Gasteiger partial charge >= 0.3 is 5.97 Å². The minimum Gasteiger partial charge on any atom is -0.479 e. The molecule has 32 heavy (non-hydrogen) atoms. The summed E-state index contributed by atoms with van der Waals surface area (Å²) in [5.74, 6) is -1.15. The number of Topliss-reactive ketones (excluding diaryl/α,β-unsaturated/α-hetero) is 2. The Kier molecular flexibility index (Phi) is 6.37. The number of H-pyrrole nitrogens is 1. The van der Waals surface area contributed by atoms with Crippen LogP contribution in [0.15, 0.2) is 88.7 Å². The number of hydrogen-bond acceptors (Lipinski definition) is 5. The molecule has 0 bridgehead atoms. The van der Waals surface area contributed by atoms with Gasteiger partial charge in [-0.1, -0.05) is 48.2 Å². The third-order valence-electron chi connectivity index (χ3n) is 4.76. The van der Waals surface area contributed by atoms with Gasteiger partial charge in [-0.3, -0.25) is 9.59 Å². The second kappa shape index (κ2) is 9.53. The van der Waals surface area contributed by atoms with E-state index in [1.165, 1.54) is 0 Å².